The molecule has 0 saturated carbocycles. The SMILES string of the molecule is CC(=O)OC(C)C(=O)OCC(C)C. The van der Waals surface area contributed by atoms with Crippen LogP contribution >= 0.6 is 0 Å². The van der Waals surface area contributed by atoms with Crippen LogP contribution < -0.4 is 0 Å². The first-order valence-corrected chi connectivity index (χ1v) is 4.27. The molecule has 0 aliphatic rings. The predicted molar refractivity (Wildman–Crippen MR) is 47.0 cm³/mol. The van der Waals surface area contributed by atoms with Gasteiger partial charge < -0.3 is 9.47 Å². The molecule has 0 aromatic carbocycles. The van der Waals surface area contributed by atoms with Crippen LogP contribution in [0.15, 0.2) is 0 Å². The molecule has 0 saturated heterocycles. The maximum Gasteiger partial charge on any atom is 0.347 e. The summed E-state index contributed by atoms with van der Waals surface area (Å²) in [5, 5.41) is 0. The zero-order valence-corrected chi connectivity index (χ0v) is 8.49. The Morgan fingerprint density at radius 1 is 1.23 bits per heavy atom. The van der Waals surface area contributed by atoms with Crippen molar-refractivity contribution in [2.45, 2.75) is 33.8 Å². The third-order valence-corrected chi connectivity index (χ3v) is 1.23. The van der Waals surface area contributed by atoms with Crippen LogP contribution in [0.25, 0.3) is 0 Å². The molecule has 0 aliphatic heterocycles. The molecule has 0 spiro atoms. The van der Waals surface area contributed by atoms with Gasteiger partial charge in [0.15, 0.2) is 6.10 Å². The van der Waals surface area contributed by atoms with E-state index in [1.165, 1.54) is 13.8 Å². The van der Waals surface area contributed by atoms with E-state index in [0.717, 1.165) is 0 Å². The van der Waals surface area contributed by atoms with Crippen molar-refractivity contribution in [2.75, 3.05) is 6.61 Å². The average Bonchev–Trinajstić information content (AvgIpc) is 1.98. The second kappa shape index (κ2) is 5.56. The molecule has 0 rings (SSSR count). The second-order valence-electron chi connectivity index (χ2n) is 3.28. The summed E-state index contributed by atoms with van der Waals surface area (Å²) < 4.78 is 9.48. The van der Waals surface area contributed by atoms with Crippen molar-refractivity contribution < 1.29 is 19.1 Å². The van der Waals surface area contributed by atoms with Gasteiger partial charge in [-0.15, -0.1) is 0 Å². The van der Waals surface area contributed by atoms with Crippen molar-refractivity contribution in [3.05, 3.63) is 0 Å². The third kappa shape index (κ3) is 6.13. The number of hydrogen-bond donors (Lipinski definition) is 0. The first-order chi connectivity index (χ1) is 5.93. The summed E-state index contributed by atoms with van der Waals surface area (Å²) in [6, 6.07) is 0. The molecule has 4 heteroatoms. The zero-order valence-electron chi connectivity index (χ0n) is 8.49. The predicted octanol–water partition coefficient (Wildman–Crippen LogP) is 1.14. The van der Waals surface area contributed by atoms with Crippen molar-refractivity contribution in [3.63, 3.8) is 0 Å². The Kier molecular flexibility index (Phi) is 5.11. The van der Waals surface area contributed by atoms with E-state index in [1.54, 1.807) is 0 Å². The van der Waals surface area contributed by atoms with Gasteiger partial charge in [-0.2, -0.15) is 0 Å². The number of carbonyl (C=O) groups excluding carboxylic acids is 2. The molecule has 0 radical (unpaired) electrons. The molecular weight excluding hydrogens is 172 g/mol. The average molecular weight is 188 g/mol. The molecule has 0 amide bonds. The summed E-state index contributed by atoms with van der Waals surface area (Å²) in [6.07, 6.45) is -0.809. The van der Waals surface area contributed by atoms with E-state index in [-0.39, 0.29) is 5.92 Å². The molecule has 13 heavy (non-hydrogen) atoms. The van der Waals surface area contributed by atoms with Gasteiger partial charge in [-0.3, -0.25) is 4.79 Å². The molecule has 0 aliphatic carbocycles. The first-order valence-electron chi connectivity index (χ1n) is 4.27. The summed E-state index contributed by atoms with van der Waals surface area (Å²) in [7, 11) is 0. The quantitative estimate of drug-likeness (QED) is 0.621. The van der Waals surface area contributed by atoms with E-state index in [9.17, 15) is 9.59 Å². The Bertz CT molecular complexity index is 186. The van der Waals surface area contributed by atoms with Crippen LogP contribution in [0.5, 0.6) is 0 Å². The van der Waals surface area contributed by atoms with Gasteiger partial charge in [0.25, 0.3) is 0 Å². The minimum atomic E-state index is -0.809. The lowest BCUT2D eigenvalue weighted by Gasteiger charge is -2.12. The first kappa shape index (κ1) is 11.9. The Morgan fingerprint density at radius 2 is 1.77 bits per heavy atom. The summed E-state index contributed by atoms with van der Waals surface area (Å²) >= 11 is 0. The van der Waals surface area contributed by atoms with Gasteiger partial charge in [-0.25, -0.2) is 4.79 Å². The molecule has 4 nitrogen and oxygen atoms in total. The van der Waals surface area contributed by atoms with Gasteiger partial charge in [0.2, 0.25) is 0 Å². The topological polar surface area (TPSA) is 52.6 Å². The van der Waals surface area contributed by atoms with Crippen LogP contribution in [0.2, 0.25) is 0 Å². The molecule has 0 aromatic rings. The maximum atomic E-state index is 11.1. The minimum Gasteiger partial charge on any atom is -0.463 e. The Hall–Kier alpha value is -1.06. The summed E-state index contributed by atoms with van der Waals surface area (Å²) in [4.78, 5) is 21.6. The Balaban J connectivity index is 3.76. The summed E-state index contributed by atoms with van der Waals surface area (Å²) in [5.74, 6) is -0.689. The lowest BCUT2D eigenvalue weighted by Crippen LogP contribution is -2.26. The molecule has 1 atom stereocenters. The lowest BCUT2D eigenvalue weighted by atomic mass is 10.2. The number of hydrogen-bond acceptors (Lipinski definition) is 4. The van der Waals surface area contributed by atoms with Crippen LogP contribution in [0.4, 0.5) is 0 Å². The number of carbonyl (C=O) groups is 2. The Labute approximate surface area is 78.2 Å². The minimum absolute atomic E-state index is 0.286. The van der Waals surface area contributed by atoms with Crippen molar-refractivity contribution in [1.29, 1.82) is 0 Å². The smallest absolute Gasteiger partial charge is 0.347 e. The third-order valence-electron chi connectivity index (χ3n) is 1.23. The van der Waals surface area contributed by atoms with Gasteiger partial charge in [-0.1, -0.05) is 13.8 Å². The van der Waals surface area contributed by atoms with Crippen molar-refractivity contribution in [2.24, 2.45) is 5.92 Å². The second-order valence-corrected chi connectivity index (χ2v) is 3.28. The fourth-order valence-corrected chi connectivity index (χ4v) is 0.663. The highest BCUT2D eigenvalue weighted by Crippen LogP contribution is 1.98. The van der Waals surface area contributed by atoms with Gasteiger partial charge >= 0.3 is 11.9 Å². The highest BCUT2D eigenvalue weighted by molar-refractivity contribution is 5.78. The molecule has 76 valence electrons. The number of rotatable bonds is 4. The van der Waals surface area contributed by atoms with Crippen molar-refractivity contribution in [3.8, 4) is 0 Å². The molecule has 1 unspecified atom stereocenters. The zero-order chi connectivity index (χ0) is 10.4. The molecule has 0 N–H and O–H groups in total. The highest BCUT2D eigenvalue weighted by atomic mass is 16.6. The summed E-state index contributed by atoms with van der Waals surface area (Å²) in [5.41, 5.74) is 0. The van der Waals surface area contributed by atoms with E-state index in [0.29, 0.717) is 6.61 Å². The molecule has 0 fully saturated rings. The summed E-state index contributed by atoms with van der Waals surface area (Å²) in [6.45, 7) is 6.97. The lowest BCUT2D eigenvalue weighted by molar-refractivity contribution is -0.166. The van der Waals surface area contributed by atoms with Crippen LogP contribution in [0.1, 0.15) is 27.7 Å². The molecule has 0 aromatic heterocycles. The maximum absolute atomic E-state index is 11.1. The van der Waals surface area contributed by atoms with E-state index in [1.807, 2.05) is 13.8 Å². The fourth-order valence-electron chi connectivity index (χ4n) is 0.663. The van der Waals surface area contributed by atoms with Gasteiger partial charge in [0.05, 0.1) is 6.61 Å². The van der Waals surface area contributed by atoms with Gasteiger partial charge in [0.1, 0.15) is 0 Å². The number of ether oxygens (including phenoxy) is 2. The monoisotopic (exact) mass is 188 g/mol. The van der Waals surface area contributed by atoms with Crippen LogP contribution in [0.3, 0.4) is 0 Å². The van der Waals surface area contributed by atoms with Crippen molar-refractivity contribution >= 4 is 11.9 Å². The van der Waals surface area contributed by atoms with Crippen molar-refractivity contribution in [1.82, 2.24) is 0 Å². The molecule has 0 heterocycles. The van der Waals surface area contributed by atoms with E-state index in [2.05, 4.69) is 4.74 Å². The fraction of sp³-hybridized carbons (Fsp3) is 0.778. The van der Waals surface area contributed by atoms with Gasteiger partial charge in [0, 0.05) is 6.92 Å². The standard InChI is InChI=1S/C9H16O4/c1-6(2)5-12-9(11)7(3)13-8(4)10/h6-7H,5H2,1-4H3. The number of esters is 2. The van der Waals surface area contributed by atoms with E-state index >= 15 is 0 Å². The Morgan fingerprint density at radius 3 is 2.15 bits per heavy atom. The van der Waals surface area contributed by atoms with E-state index < -0.39 is 18.0 Å². The molecular formula is C9H16O4. The normalized spacial score (nSPS) is 12.4. The largest absolute Gasteiger partial charge is 0.463 e. The van der Waals surface area contributed by atoms with E-state index in [4.69, 9.17) is 4.74 Å². The highest BCUT2D eigenvalue weighted by Gasteiger charge is 2.17. The molecule has 0 bridgehead atoms. The van der Waals surface area contributed by atoms with Crippen LogP contribution in [-0.2, 0) is 19.1 Å². The van der Waals surface area contributed by atoms with Gasteiger partial charge in [-0.05, 0) is 12.8 Å². The van der Waals surface area contributed by atoms with Crippen LogP contribution in [0, 0.1) is 5.92 Å². The van der Waals surface area contributed by atoms with Crippen LogP contribution in [-0.4, -0.2) is 24.6 Å².